The van der Waals surface area contributed by atoms with E-state index in [4.69, 9.17) is 9.47 Å². The molecule has 0 saturated carbocycles. The molecular formula is C34H39N5O9. The first-order chi connectivity index (χ1) is 23.2. The standard InChI is InChI=1S/C34H39N5O9/c1-3-46-34(44)48-22-47-31(41)21-29(38-33(43)39-16-18-45-19-17-39)25-10-14-26(15-11-25)35-30(40)20-24-8-12-27(13-9-24)36-32(42)37-28-7-5-4-6-23(28)2/h4-15,29H,3,16-22H2,1-2H3,(H,35,40)(H,38,43)(H2,36,37,42)/t29-/m1/s1. The molecule has 1 fully saturated rings. The number of carbonyl (C=O) groups excluding carboxylic acids is 5. The van der Waals surface area contributed by atoms with Crippen LogP contribution in [-0.2, 0) is 35.0 Å². The number of benzene rings is 3. The summed E-state index contributed by atoms with van der Waals surface area (Å²) in [5.74, 6) is -0.972. The van der Waals surface area contributed by atoms with Crippen molar-refractivity contribution in [3.63, 3.8) is 0 Å². The van der Waals surface area contributed by atoms with Crippen LogP contribution < -0.4 is 21.3 Å². The van der Waals surface area contributed by atoms with Crippen LogP contribution in [0.25, 0.3) is 0 Å². The average Bonchev–Trinajstić information content (AvgIpc) is 3.07. The minimum atomic E-state index is -0.965. The molecule has 4 rings (SSSR count). The summed E-state index contributed by atoms with van der Waals surface area (Å²) < 4.78 is 19.6. The van der Waals surface area contributed by atoms with Gasteiger partial charge in [-0.1, -0.05) is 42.5 Å². The molecule has 1 aliphatic rings. The molecule has 0 unspecified atom stereocenters. The molecule has 0 aromatic heterocycles. The number of urea groups is 2. The fraction of sp³-hybridized carbons (Fsp3) is 0.324. The lowest BCUT2D eigenvalue weighted by atomic mass is 10.0. The van der Waals surface area contributed by atoms with Crippen LogP contribution in [0.4, 0.5) is 31.4 Å². The molecule has 3 aromatic rings. The van der Waals surface area contributed by atoms with Crippen molar-refractivity contribution in [3.8, 4) is 0 Å². The molecule has 0 aliphatic carbocycles. The van der Waals surface area contributed by atoms with E-state index in [1.54, 1.807) is 60.4 Å². The highest BCUT2D eigenvalue weighted by Gasteiger charge is 2.24. The lowest BCUT2D eigenvalue weighted by Gasteiger charge is -2.29. The quantitative estimate of drug-likeness (QED) is 0.154. The Bertz CT molecular complexity index is 1560. The van der Waals surface area contributed by atoms with Gasteiger partial charge in [-0.15, -0.1) is 0 Å². The number of para-hydroxylation sites is 1. The maximum Gasteiger partial charge on any atom is 0.511 e. The van der Waals surface area contributed by atoms with E-state index in [1.165, 1.54) is 0 Å². The molecule has 5 amide bonds. The third kappa shape index (κ3) is 11.3. The second-order valence-electron chi connectivity index (χ2n) is 10.7. The molecule has 4 N–H and O–H groups in total. The molecule has 3 aromatic carbocycles. The zero-order valence-corrected chi connectivity index (χ0v) is 26.8. The lowest BCUT2D eigenvalue weighted by Crippen LogP contribution is -2.47. The minimum Gasteiger partial charge on any atom is -0.435 e. The summed E-state index contributed by atoms with van der Waals surface area (Å²) in [5, 5.41) is 11.3. The first-order valence-corrected chi connectivity index (χ1v) is 15.4. The summed E-state index contributed by atoms with van der Waals surface area (Å²) in [7, 11) is 0. The average molecular weight is 662 g/mol. The van der Waals surface area contributed by atoms with Gasteiger partial charge in [-0.05, 0) is 60.9 Å². The van der Waals surface area contributed by atoms with Crippen molar-refractivity contribution in [3.05, 3.63) is 89.5 Å². The van der Waals surface area contributed by atoms with Gasteiger partial charge in [0.25, 0.3) is 0 Å². The van der Waals surface area contributed by atoms with Gasteiger partial charge in [-0.2, -0.15) is 0 Å². The summed E-state index contributed by atoms with van der Waals surface area (Å²) in [6.07, 6.45) is -1.12. The van der Waals surface area contributed by atoms with Gasteiger partial charge in [0.05, 0.1) is 38.7 Å². The highest BCUT2D eigenvalue weighted by molar-refractivity contribution is 6.00. The Balaban J connectivity index is 1.31. The number of amides is 5. The van der Waals surface area contributed by atoms with Crippen molar-refractivity contribution in [2.24, 2.45) is 0 Å². The first-order valence-electron chi connectivity index (χ1n) is 15.4. The number of esters is 1. The summed E-state index contributed by atoms with van der Waals surface area (Å²) >= 11 is 0. The number of anilines is 3. The zero-order chi connectivity index (χ0) is 34.3. The van der Waals surface area contributed by atoms with Crippen molar-refractivity contribution in [2.45, 2.75) is 32.7 Å². The smallest absolute Gasteiger partial charge is 0.435 e. The van der Waals surface area contributed by atoms with Crippen molar-refractivity contribution in [1.82, 2.24) is 10.2 Å². The van der Waals surface area contributed by atoms with E-state index in [9.17, 15) is 24.0 Å². The van der Waals surface area contributed by atoms with Crippen LogP contribution in [0.3, 0.4) is 0 Å². The molecule has 1 aliphatic heterocycles. The number of rotatable bonds is 12. The van der Waals surface area contributed by atoms with Crippen LogP contribution in [-0.4, -0.2) is 74.7 Å². The molecule has 14 nitrogen and oxygen atoms in total. The molecule has 254 valence electrons. The van der Waals surface area contributed by atoms with Crippen LogP contribution in [0.2, 0.25) is 0 Å². The summed E-state index contributed by atoms with van der Waals surface area (Å²) in [6.45, 7) is 4.63. The van der Waals surface area contributed by atoms with Crippen molar-refractivity contribution < 1.29 is 42.9 Å². The van der Waals surface area contributed by atoms with Crippen LogP contribution in [0.5, 0.6) is 0 Å². The van der Waals surface area contributed by atoms with Crippen LogP contribution in [0.15, 0.2) is 72.8 Å². The molecule has 1 saturated heterocycles. The Hall–Kier alpha value is -5.63. The minimum absolute atomic E-state index is 0.0926. The maximum absolute atomic E-state index is 12.9. The molecule has 0 radical (unpaired) electrons. The molecule has 48 heavy (non-hydrogen) atoms. The van der Waals surface area contributed by atoms with E-state index in [2.05, 4.69) is 30.7 Å². The Morgan fingerprint density at radius 2 is 1.48 bits per heavy atom. The lowest BCUT2D eigenvalue weighted by molar-refractivity contribution is -0.153. The largest absolute Gasteiger partial charge is 0.511 e. The second kappa shape index (κ2) is 17.9. The Morgan fingerprint density at radius 1 is 0.812 bits per heavy atom. The summed E-state index contributed by atoms with van der Waals surface area (Å²) in [4.78, 5) is 63.6. The van der Waals surface area contributed by atoms with Gasteiger partial charge < -0.3 is 45.1 Å². The monoisotopic (exact) mass is 661 g/mol. The molecular weight excluding hydrogens is 622 g/mol. The molecule has 0 bridgehead atoms. The normalized spacial score (nSPS) is 13.0. The van der Waals surface area contributed by atoms with Gasteiger partial charge in [0.1, 0.15) is 0 Å². The molecule has 1 atom stereocenters. The molecule has 0 spiro atoms. The van der Waals surface area contributed by atoms with Gasteiger partial charge in [0.2, 0.25) is 12.7 Å². The predicted molar refractivity (Wildman–Crippen MR) is 176 cm³/mol. The third-order valence-electron chi connectivity index (χ3n) is 7.19. The van der Waals surface area contributed by atoms with Gasteiger partial charge in [-0.3, -0.25) is 9.59 Å². The van der Waals surface area contributed by atoms with Crippen molar-refractivity contribution >= 4 is 47.2 Å². The number of nitrogens with zero attached hydrogens (tertiary/aromatic N) is 1. The fourth-order valence-corrected chi connectivity index (χ4v) is 4.68. The van der Waals surface area contributed by atoms with E-state index < -0.39 is 25.0 Å². The van der Waals surface area contributed by atoms with Crippen LogP contribution in [0, 0.1) is 6.92 Å². The predicted octanol–water partition coefficient (Wildman–Crippen LogP) is 4.97. The van der Waals surface area contributed by atoms with Crippen LogP contribution >= 0.6 is 0 Å². The Kier molecular flexibility index (Phi) is 13.1. The number of ether oxygens (including phenoxy) is 4. The third-order valence-corrected chi connectivity index (χ3v) is 7.19. The Labute approximate surface area is 278 Å². The van der Waals surface area contributed by atoms with Gasteiger partial charge >= 0.3 is 24.2 Å². The SMILES string of the molecule is CCOC(=O)OCOC(=O)C[C@@H](NC(=O)N1CCOCC1)c1ccc(NC(=O)Cc2ccc(NC(=O)Nc3ccccc3C)cc2)cc1. The van der Waals surface area contributed by atoms with E-state index in [-0.39, 0.29) is 37.4 Å². The van der Waals surface area contributed by atoms with E-state index in [0.717, 1.165) is 11.1 Å². The van der Waals surface area contributed by atoms with E-state index in [1.807, 2.05) is 31.2 Å². The highest BCUT2D eigenvalue weighted by atomic mass is 16.8. The van der Waals surface area contributed by atoms with Crippen LogP contribution in [0.1, 0.15) is 36.1 Å². The number of aryl methyl sites for hydroxylation is 1. The number of nitrogens with one attached hydrogen (secondary N) is 4. The van der Waals surface area contributed by atoms with Gasteiger partial charge in [-0.25, -0.2) is 14.4 Å². The fourth-order valence-electron chi connectivity index (χ4n) is 4.68. The molecule has 14 heteroatoms. The first kappa shape index (κ1) is 35.2. The second-order valence-corrected chi connectivity index (χ2v) is 10.7. The number of morpholine rings is 1. The Morgan fingerprint density at radius 3 is 2.17 bits per heavy atom. The molecule has 1 heterocycles. The number of carbonyl (C=O) groups is 5. The summed E-state index contributed by atoms with van der Waals surface area (Å²) in [5.41, 5.74) is 4.08. The maximum atomic E-state index is 12.9. The number of hydrogen-bond acceptors (Lipinski definition) is 9. The van der Waals surface area contributed by atoms with Crippen molar-refractivity contribution in [2.75, 3.05) is 55.7 Å². The van der Waals surface area contributed by atoms with Gasteiger partial charge in [0.15, 0.2) is 0 Å². The zero-order valence-electron chi connectivity index (χ0n) is 26.8. The summed E-state index contributed by atoms with van der Waals surface area (Å²) in [6, 6.07) is 19.6. The van der Waals surface area contributed by atoms with E-state index in [0.29, 0.717) is 48.9 Å². The number of hydrogen-bond donors (Lipinski definition) is 4. The van der Waals surface area contributed by atoms with Crippen molar-refractivity contribution in [1.29, 1.82) is 0 Å². The topological polar surface area (TPSA) is 174 Å². The van der Waals surface area contributed by atoms with E-state index >= 15 is 0 Å². The van der Waals surface area contributed by atoms with Gasteiger partial charge in [0, 0.05) is 30.2 Å². The highest BCUT2D eigenvalue weighted by Crippen LogP contribution is 2.22.